The molecule has 0 aliphatic carbocycles. The van der Waals surface area contributed by atoms with Gasteiger partial charge in [0.25, 0.3) is 5.91 Å². The van der Waals surface area contributed by atoms with E-state index in [4.69, 9.17) is 16.3 Å². The molecule has 1 fully saturated rings. The Bertz CT molecular complexity index is 910. The van der Waals surface area contributed by atoms with E-state index in [1.807, 2.05) is 24.3 Å². The Morgan fingerprint density at radius 1 is 1.27 bits per heavy atom. The van der Waals surface area contributed by atoms with Crippen molar-refractivity contribution in [3.63, 3.8) is 0 Å². The monoisotopic (exact) mass is 448 g/mol. The van der Waals surface area contributed by atoms with Gasteiger partial charge in [0.1, 0.15) is 12.4 Å². The van der Waals surface area contributed by atoms with Crippen molar-refractivity contribution in [2.45, 2.75) is 0 Å². The third-order valence-electron chi connectivity index (χ3n) is 3.32. The molecule has 2 aromatic carbocycles. The van der Waals surface area contributed by atoms with E-state index in [9.17, 15) is 4.79 Å². The van der Waals surface area contributed by atoms with Crippen LogP contribution in [0.3, 0.4) is 0 Å². The summed E-state index contributed by atoms with van der Waals surface area (Å²) in [5.74, 6) is 0.548. The molecule has 132 valence electrons. The lowest BCUT2D eigenvalue weighted by molar-refractivity contribution is -0.115. The Morgan fingerprint density at radius 2 is 2.04 bits per heavy atom. The highest BCUT2D eigenvalue weighted by molar-refractivity contribution is 9.10. The number of aliphatic imine (C=N–C) groups is 1. The highest BCUT2D eigenvalue weighted by Gasteiger charge is 2.23. The van der Waals surface area contributed by atoms with Gasteiger partial charge in [-0.1, -0.05) is 30.3 Å². The summed E-state index contributed by atoms with van der Waals surface area (Å²) in [6, 6.07) is 12.7. The molecule has 0 unspecified atom stereocenters. The number of hydrogen-bond donors (Lipinski definition) is 1. The Balaban J connectivity index is 1.77. The summed E-state index contributed by atoms with van der Waals surface area (Å²) in [4.78, 5) is 17.2. The molecule has 1 N–H and O–H groups in total. The lowest BCUT2D eigenvalue weighted by Gasteiger charge is -2.06. The van der Waals surface area contributed by atoms with Crippen molar-refractivity contribution in [1.29, 1.82) is 0 Å². The van der Waals surface area contributed by atoms with Gasteiger partial charge in [0.2, 0.25) is 0 Å². The van der Waals surface area contributed by atoms with E-state index in [2.05, 4.69) is 32.8 Å². The van der Waals surface area contributed by atoms with Crippen molar-refractivity contribution in [3.8, 4) is 5.75 Å². The number of benzene rings is 2. The predicted molar refractivity (Wildman–Crippen MR) is 112 cm³/mol. The molecule has 1 aliphatic rings. The number of amidine groups is 1. The lowest BCUT2D eigenvalue weighted by atomic mass is 10.2. The third kappa shape index (κ3) is 4.78. The molecule has 0 saturated carbocycles. The first kappa shape index (κ1) is 18.8. The zero-order valence-corrected chi connectivity index (χ0v) is 16.7. The average Bonchev–Trinajstić information content (AvgIpc) is 2.95. The predicted octanol–water partition coefficient (Wildman–Crippen LogP) is 5.56. The quantitative estimate of drug-likeness (QED) is 0.480. The fourth-order valence-corrected chi connectivity index (χ4v) is 3.62. The fraction of sp³-hybridized carbons (Fsp3) is 0.0526. The lowest BCUT2D eigenvalue weighted by Crippen LogP contribution is -2.19. The van der Waals surface area contributed by atoms with Gasteiger partial charge in [-0.25, -0.2) is 4.99 Å². The molecule has 7 heteroatoms. The highest BCUT2D eigenvalue weighted by Crippen LogP contribution is 2.31. The number of ether oxygens (including phenoxy) is 1. The van der Waals surface area contributed by atoms with Gasteiger partial charge in [0.15, 0.2) is 5.17 Å². The summed E-state index contributed by atoms with van der Waals surface area (Å²) in [7, 11) is 0. The van der Waals surface area contributed by atoms with E-state index in [0.29, 0.717) is 21.7 Å². The van der Waals surface area contributed by atoms with Gasteiger partial charge in [0, 0.05) is 5.02 Å². The highest BCUT2D eigenvalue weighted by atomic mass is 79.9. The Labute approximate surface area is 169 Å². The van der Waals surface area contributed by atoms with Gasteiger partial charge in [-0.05, 0) is 75.7 Å². The molecule has 1 aliphatic heterocycles. The second-order valence-electron chi connectivity index (χ2n) is 5.25. The summed E-state index contributed by atoms with van der Waals surface area (Å²) in [5.41, 5.74) is 1.61. The van der Waals surface area contributed by atoms with E-state index in [0.717, 1.165) is 21.5 Å². The molecule has 26 heavy (non-hydrogen) atoms. The number of nitrogens with zero attached hydrogens (tertiary/aromatic N) is 1. The van der Waals surface area contributed by atoms with E-state index >= 15 is 0 Å². The van der Waals surface area contributed by atoms with Crippen LogP contribution in [0, 0.1) is 0 Å². The van der Waals surface area contributed by atoms with Crippen molar-refractivity contribution >= 4 is 62.1 Å². The molecule has 1 amide bonds. The smallest absolute Gasteiger partial charge is 0.264 e. The van der Waals surface area contributed by atoms with Crippen LogP contribution in [0.5, 0.6) is 5.75 Å². The van der Waals surface area contributed by atoms with Gasteiger partial charge in [-0.15, -0.1) is 0 Å². The number of nitrogens with one attached hydrogen (secondary N) is 1. The van der Waals surface area contributed by atoms with Crippen LogP contribution in [0.1, 0.15) is 5.56 Å². The Hall–Kier alpha value is -2.02. The summed E-state index contributed by atoms with van der Waals surface area (Å²) in [5, 5.41) is 3.94. The van der Waals surface area contributed by atoms with Gasteiger partial charge in [-0.2, -0.15) is 0 Å². The molecular weight excluding hydrogens is 436 g/mol. The van der Waals surface area contributed by atoms with Crippen LogP contribution in [-0.2, 0) is 4.79 Å². The van der Waals surface area contributed by atoms with Crippen LogP contribution in [-0.4, -0.2) is 17.7 Å². The molecule has 3 rings (SSSR count). The molecule has 0 atom stereocenters. The van der Waals surface area contributed by atoms with Crippen molar-refractivity contribution in [1.82, 2.24) is 5.32 Å². The van der Waals surface area contributed by atoms with E-state index < -0.39 is 0 Å². The molecule has 0 aromatic heterocycles. The van der Waals surface area contributed by atoms with Crippen LogP contribution in [0.2, 0.25) is 5.02 Å². The Kier molecular flexibility index (Phi) is 6.19. The number of hydrogen-bond acceptors (Lipinski definition) is 4. The summed E-state index contributed by atoms with van der Waals surface area (Å²) in [6.07, 6.45) is 3.50. The van der Waals surface area contributed by atoms with Crippen molar-refractivity contribution in [2.75, 3.05) is 6.61 Å². The number of halogens is 2. The number of carbonyl (C=O) groups is 1. The van der Waals surface area contributed by atoms with Gasteiger partial charge in [0.05, 0.1) is 15.1 Å². The van der Waals surface area contributed by atoms with Gasteiger partial charge >= 0.3 is 0 Å². The zero-order valence-electron chi connectivity index (χ0n) is 13.5. The van der Waals surface area contributed by atoms with E-state index in [1.54, 1.807) is 30.3 Å². The van der Waals surface area contributed by atoms with Crippen molar-refractivity contribution in [2.24, 2.45) is 4.99 Å². The molecule has 1 heterocycles. The number of amides is 1. The third-order valence-corrected chi connectivity index (χ3v) is 5.10. The first-order chi connectivity index (χ1) is 12.5. The molecule has 0 radical (unpaired) electrons. The topological polar surface area (TPSA) is 50.7 Å². The molecule has 4 nitrogen and oxygen atoms in total. The number of thioether (sulfide) groups is 1. The van der Waals surface area contributed by atoms with Crippen LogP contribution in [0.25, 0.3) is 6.08 Å². The second-order valence-corrected chi connectivity index (χ2v) is 7.57. The minimum Gasteiger partial charge on any atom is -0.488 e. The summed E-state index contributed by atoms with van der Waals surface area (Å²) in [6.45, 7) is 4.06. The Morgan fingerprint density at radius 3 is 2.73 bits per heavy atom. The van der Waals surface area contributed by atoms with E-state index in [1.165, 1.54) is 11.8 Å². The van der Waals surface area contributed by atoms with E-state index in [-0.39, 0.29) is 5.91 Å². The first-order valence-electron chi connectivity index (χ1n) is 7.63. The van der Waals surface area contributed by atoms with Crippen LogP contribution in [0.4, 0.5) is 5.69 Å². The average molecular weight is 450 g/mol. The zero-order chi connectivity index (χ0) is 18.5. The molecule has 2 aromatic rings. The minimum atomic E-state index is -0.175. The van der Waals surface area contributed by atoms with Crippen LogP contribution >= 0.6 is 39.3 Å². The number of carbonyl (C=O) groups excluding carboxylic acids is 1. The van der Waals surface area contributed by atoms with Crippen molar-refractivity contribution < 1.29 is 9.53 Å². The number of rotatable bonds is 5. The maximum absolute atomic E-state index is 12.2. The van der Waals surface area contributed by atoms with Crippen LogP contribution < -0.4 is 10.1 Å². The summed E-state index contributed by atoms with van der Waals surface area (Å²) < 4.78 is 6.34. The first-order valence-corrected chi connectivity index (χ1v) is 9.62. The molecule has 0 bridgehead atoms. The largest absolute Gasteiger partial charge is 0.488 e. The maximum atomic E-state index is 12.2. The normalized spacial score (nSPS) is 16.8. The molecular formula is C19H14BrClN2O2S. The van der Waals surface area contributed by atoms with Crippen LogP contribution in [0.15, 0.2) is 69.5 Å². The van der Waals surface area contributed by atoms with Gasteiger partial charge < -0.3 is 10.1 Å². The molecule has 1 saturated heterocycles. The standard InChI is InChI=1S/C19H14BrClN2O2S/c1-2-9-25-16-8-3-12(10-15(16)20)11-17-18(24)23-19(26-17)22-14-6-4-13(21)5-7-14/h2-8,10-11H,1,9H2,(H,22,23,24). The molecule has 0 spiro atoms. The van der Waals surface area contributed by atoms with Gasteiger partial charge in [-0.3, -0.25) is 4.79 Å². The second kappa shape index (κ2) is 8.58. The maximum Gasteiger partial charge on any atom is 0.264 e. The summed E-state index contributed by atoms with van der Waals surface area (Å²) >= 11 is 10.6. The van der Waals surface area contributed by atoms with Crippen molar-refractivity contribution in [3.05, 3.63) is 75.1 Å². The minimum absolute atomic E-state index is 0.175. The fourth-order valence-electron chi connectivity index (χ4n) is 2.14. The SMILES string of the molecule is C=CCOc1ccc(C=C2SC(=Nc3ccc(Cl)cc3)NC2=O)cc1Br.